The van der Waals surface area contributed by atoms with E-state index in [1.807, 2.05) is 31.2 Å². The van der Waals surface area contributed by atoms with Crippen LogP contribution in [0.2, 0.25) is 0 Å². The fraction of sp³-hybridized carbons (Fsp3) is 0.360. The van der Waals surface area contributed by atoms with Crippen LogP contribution in [0, 0.1) is 23.6 Å². The summed E-state index contributed by atoms with van der Waals surface area (Å²) in [5.74, 6) is -0.406. The van der Waals surface area contributed by atoms with Crippen LogP contribution in [0.1, 0.15) is 33.1 Å². The summed E-state index contributed by atoms with van der Waals surface area (Å²) in [5, 5.41) is 14.9. The number of aromatic amines is 1. The first-order valence-electron chi connectivity index (χ1n) is 11.4. The Kier molecular flexibility index (Phi) is 5.44. The first kappa shape index (κ1) is 21.3. The summed E-state index contributed by atoms with van der Waals surface area (Å²) in [7, 11) is 0. The minimum Gasteiger partial charge on any atom is -0.481 e. The molecule has 3 heterocycles. The molecule has 1 saturated carbocycles. The van der Waals surface area contributed by atoms with Gasteiger partial charge in [0.15, 0.2) is 5.82 Å². The van der Waals surface area contributed by atoms with Crippen molar-refractivity contribution in [3.63, 3.8) is 0 Å². The number of halogens is 1. The van der Waals surface area contributed by atoms with Gasteiger partial charge in [0.05, 0.1) is 17.6 Å². The van der Waals surface area contributed by atoms with Gasteiger partial charge in [0.2, 0.25) is 0 Å². The molecular weight excluding hydrogens is 421 g/mol. The number of para-hydroxylation sites is 1. The van der Waals surface area contributed by atoms with Crippen molar-refractivity contribution in [3.05, 3.63) is 48.5 Å². The van der Waals surface area contributed by atoms with Crippen molar-refractivity contribution in [1.82, 2.24) is 19.9 Å². The summed E-state index contributed by atoms with van der Waals surface area (Å²) in [6, 6.07) is 8.81. The molecule has 0 aliphatic heterocycles. The molecule has 1 aromatic carbocycles. The highest BCUT2D eigenvalue weighted by atomic mass is 19.1. The average molecular weight is 448 g/mol. The van der Waals surface area contributed by atoms with Gasteiger partial charge in [-0.1, -0.05) is 32.4 Å². The molecular formula is C25H26FN5O2. The SMILES string of the molecule is CCC1CCC(C)C(C(=O)O)C1Nc1nc(-c2c[nH]c3ncc(F)cc23)nc2ccccc12. The maximum Gasteiger partial charge on any atom is 0.308 e. The van der Waals surface area contributed by atoms with Crippen LogP contribution >= 0.6 is 0 Å². The van der Waals surface area contributed by atoms with E-state index in [1.54, 1.807) is 6.20 Å². The number of carbonyl (C=O) groups is 1. The monoisotopic (exact) mass is 447 g/mol. The second kappa shape index (κ2) is 8.42. The van der Waals surface area contributed by atoms with Crippen molar-refractivity contribution < 1.29 is 14.3 Å². The summed E-state index contributed by atoms with van der Waals surface area (Å²) in [6.45, 7) is 4.11. The van der Waals surface area contributed by atoms with E-state index in [9.17, 15) is 14.3 Å². The van der Waals surface area contributed by atoms with Crippen LogP contribution in [0.25, 0.3) is 33.3 Å². The van der Waals surface area contributed by atoms with Crippen molar-refractivity contribution in [2.75, 3.05) is 5.32 Å². The van der Waals surface area contributed by atoms with Crippen molar-refractivity contribution in [3.8, 4) is 11.4 Å². The number of benzene rings is 1. The highest BCUT2D eigenvalue weighted by molar-refractivity contribution is 5.95. The molecule has 0 radical (unpaired) electrons. The number of aromatic nitrogens is 4. The molecule has 1 aliphatic rings. The number of hydrogen-bond donors (Lipinski definition) is 3. The molecule has 3 aromatic heterocycles. The van der Waals surface area contributed by atoms with Gasteiger partial charge in [0.25, 0.3) is 0 Å². The van der Waals surface area contributed by atoms with E-state index in [-0.39, 0.29) is 17.9 Å². The molecule has 33 heavy (non-hydrogen) atoms. The highest BCUT2D eigenvalue weighted by Crippen LogP contribution is 2.39. The number of hydrogen-bond acceptors (Lipinski definition) is 5. The Balaban J connectivity index is 1.64. The molecule has 0 amide bonds. The third kappa shape index (κ3) is 3.79. The molecule has 0 spiro atoms. The van der Waals surface area contributed by atoms with Crippen LogP contribution in [-0.4, -0.2) is 37.1 Å². The highest BCUT2D eigenvalue weighted by Gasteiger charge is 2.41. The van der Waals surface area contributed by atoms with Gasteiger partial charge < -0.3 is 15.4 Å². The second-order valence-electron chi connectivity index (χ2n) is 8.92. The average Bonchev–Trinajstić information content (AvgIpc) is 3.22. The van der Waals surface area contributed by atoms with E-state index in [1.165, 1.54) is 6.07 Å². The number of rotatable bonds is 5. The smallest absolute Gasteiger partial charge is 0.308 e. The number of anilines is 1. The number of pyridine rings is 1. The summed E-state index contributed by atoms with van der Waals surface area (Å²) in [5.41, 5.74) is 1.92. The van der Waals surface area contributed by atoms with Crippen molar-refractivity contribution in [2.24, 2.45) is 17.8 Å². The Morgan fingerprint density at radius 3 is 2.85 bits per heavy atom. The molecule has 170 valence electrons. The molecule has 5 rings (SSSR count). The van der Waals surface area contributed by atoms with Crippen LogP contribution in [0.3, 0.4) is 0 Å². The molecule has 1 aliphatic carbocycles. The first-order chi connectivity index (χ1) is 16.0. The van der Waals surface area contributed by atoms with Gasteiger partial charge in [0, 0.05) is 28.6 Å². The molecule has 0 saturated heterocycles. The zero-order valence-corrected chi connectivity index (χ0v) is 18.5. The molecule has 7 nitrogen and oxygen atoms in total. The van der Waals surface area contributed by atoms with Gasteiger partial charge in [-0.15, -0.1) is 0 Å². The van der Waals surface area contributed by atoms with Crippen LogP contribution in [0.5, 0.6) is 0 Å². The van der Waals surface area contributed by atoms with Crippen molar-refractivity contribution in [1.29, 1.82) is 0 Å². The maximum absolute atomic E-state index is 13.9. The van der Waals surface area contributed by atoms with E-state index < -0.39 is 17.7 Å². The summed E-state index contributed by atoms with van der Waals surface area (Å²) < 4.78 is 13.9. The minimum atomic E-state index is -0.782. The van der Waals surface area contributed by atoms with Gasteiger partial charge in [0.1, 0.15) is 17.3 Å². The van der Waals surface area contributed by atoms with E-state index in [0.717, 1.165) is 36.4 Å². The predicted octanol–water partition coefficient (Wildman–Crippen LogP) is 5.25. The Morgan fingerprint density at radius 1 is 1.24 bits per heavy atom. The lowest BCUT2D eigenvalue weighted by Gasteiger charge is -2.40. The summed E-state index contributed by atoms with van der Waals surface area (Å²) in [6.07, 6.45) is 5.65. The van der Waals surface area contributed by atoms with Crippen LogP contribution in [-0.2, 0) is 4.79 Å². The van der Waals surface area contributed by atoms with E-state index >= 15 is 0 Å². The van der Waals surface area contributed by atoms with Gasteiger partial charge in [-0.2, -0.15) is 0 Å². The lowest BCUT2D eigenvalue weighted by Crippen LogP contribution is -2.47. The van der Waals surface area contributed by atoms with Crippen molar-refractivity contribution in [2.45, 2.75) is 39.2 Å². The lowest BCUT2D eigenvalue weighted by molar-refractivity contribution is -0.145. The van der Waals surface area contributed by atoms with Gasteiger partial charge in [-0.05, 0) is 42.9 Å². The Bertz CT molecular complexity index is 1340. The molecule has 3 N–H and O–H groups in total. The minimum absolute atomic E-state index is 0.0676. The largest absolute Gasteiger partial charge is 0.481 e. The zero-order valence-electron chi connectivity index (χ0n) is 18.5. The number of H-pyrrole nitrogens is 1. The zero-order chi connectivity index (χ0) is 23.1. The van der Waals surface area contributed by atoms with E-state index in [0.29, 0.717) is 28.2 Å². The number of carboxylic acids is 1. The molecule has 4 unspecified atom stereocenters. The molecule has 4 aromatic rings. The van der Waals surface area contributed by atoms with Gasteiger partial charge >= 0.3 is 5.97 Å². The fourth-order valence-electron chi connectivity index (χ4n) is 5.17. The fourth-order valence-corrected chi connectivity index (χ4v) is 5.17. The third-order valence-corrected chi connectivity index (χ3v) is 6.96. The first-order valence-corrected chi connectivity index (χ1v) is 11.4. The van der Waals surface area contributed by atoms with Crippen molar-refractivity contribution >= 4 is 33.7 Å². The Morgan fingerprint density at radius 2 is 2.06 bits per heavy atom. The number of carboxylic acid groups (broad SMARTS) is 1. The molecule has 4 atom stereocenters. The summed E-state index contributed by atoms with van der Waals surface area (Å²) in [4.78, 5) is 28.9. The Hall–Kier alpha value is -3.55. The maximum atomic E-state index is 13.9. The number of nitrogens with zero attached hydrogens (tertiary/aromatic N) is 3. The van der Waals surface area contributed by atoms with E-state index in [4.69, 9.17) is 9.97 Å². The number of nitrogens with one attached hydrogen (secondary N) is 2. The molecule has 1 fully saturated rings. The van der Waals surface area contributed by atoms with Crippen LogP contribution in [0.15, 0.2) is 42.7 Å². The summed E-state index contributed by atoms with van der Waals surface area (Å²) >= 11 is 0. The molecule has 0 bridgehead atoms. The number of fused-ring (bicyclic) bond motifs is 2. The normalized spacial score (nSPS) is 23.1. The third-order valence-electron chi connectivity index (χ3n) is 6.96. The number of aliphatic carboxylic acids is 1. The van der Waals surface area contributed by atoms with E-state index in [2.05, 4.69) is 22.2 Å². The van der Waals surface area contributed by atoms with Gasteiger partial charge in [-0.25, -0.2) is 19.3 Å². The van der Waals surface area contributed by atoms with Crippen LogP contribution < -0.4 is 5.32 Å². The standard InChI is InChI=1S/C25H26FN5O2/c1-3-14-9-8-13(2)20(25(32)33)21(14)30-23-16-6-4-5-7-19(16)29-24(31-23)18-12-28-22-17(18)10-15(26)11-27-22/h4-7,10-14,20-21H,3,8-9H2,1-2H3,(H,27,28)(H,32,33)(H,29,30,31). The Labute approximate surface area is 190 Å². The molecule has 8 heteroatoms. The second-order valence-corrected chi connectivity index (χ2v) is 8.92. The topological polar surface area (TPSA) is 104 Å². The lowest BCUT2D eigenvalue weighted by atomic mass is 9.70. The predicted molar refractivity (Wildman–Crippen MR) is 125 cm³/mol. The van der Waals surface area contributed by atoms with Crippen LogP contribution in [0.4, 0.5) is 10.2 Å². The quantitative estimate of drug-likeness (QED) is 0.386. The van der Waals surface area contributed by atoms with Gasteiger partial charge in [-0.3, -0.25) is 4.79 Å².